The highest BCUT2D eigenvalue weighted by Crippen LogP contribution is 2.37. The van der Waals surface area contributed by atoms with Crippen LogP contribution in [0.4, 0.5) is 13.2 Å². The zero-order valence-electron chi connectivity index (χ0n) is 25.4. The van der Waals surface area contributed by atoms with Crippen LogP contribution in [0.5, 0.6) is 17.2 Å². The van der Waals surface area contributed by atoms with Gasteiger partial charge in [-0.25, -0.2) is 22.8 Å². The van der Waals surface area contributed by atoms with Crippen LogP contribution in [0.2, 0.25) is 0 Å². The molecule has 0 spiro atoms. The Morgan fingerprint density at radius 1 is 0.761 bits per heavy atom. The van der Waals surface area contributed by atoms with Gasteiger partial charge in [0.25, 0.3) is 0 Å². The van der Waals surface area contributed by atoms with Crippen molar-refractivity contribution in [2.24, 2.45) is 0 Å². The fourth-order valence-corrected chi connectivity index (χ4v) is 6.15. The molecule has 0 radical (unpaired) electrons. The van der Waals surface area contributed by atoms with E-state index in [9.17, 15) is 13.2 Å². The Kier molecular flexibility index (Phi) is 7.44. The van der Waals surface area contributed by atoms with Crippen LogP contribution in [0.25, 0.3) is 44.4 Å². The first-order valence-electron chi connectivity index (χ1n) is 14.7. The topological polar surface area (TPSA) is 54.1 Å². The first kappa shape index (κ1) is 29.2. The average molecular weight is 619 g/mol. The molecule has 0 fully saturated rings. The number of pyridine rings is 1. The predicted molar refractivity (Wildman–Crippen MR) is 173 cm³/mol. The summed E-state index contributed by atoms with van der Waals surface area (Å²) in [6.45, 7) is 2.12. The lowest BCUT2D eigenvalue weighted by atomic mass is 9.90. The second kappa shape index (κ2) is 11.7. The van der Waals surface area contributed by atoms with E-state index in [1.165, 1.54) is 23.0 Å². The molecule has 0 aliphatic carbocycles. The Labute approximate surface area is 263 Å². The molecule has 0 atom stereocenters. The molecule has 0 aliphatic rings. The maximum Gasteiger partial charge on any atom is 0.141 e. The lowest BCUT2D eigenvalue weighted by Gasteiger charge is -2.15. The first-order chi connectivity index (χ1) is 22.4. The molecule has 0 bridgehead atoms. The van der Waals surface area contributed by atoms with Crippen LogP contribution in [-0.4, -0.2) is 26.4 Å². The highest BCUT2D eigenvalue weighted by Gasteiger charge is 2.19. The second-order valence-corrected chi connectivity index (χ2v) is 11.1. The Balaban J connectivity index is 1.28. The van der Waals surface area contributed by atoms with Gasteiger partial charge in [0.1, 0.15) is 42.2 Å². The van der Waals surface area contributed by atoms with Gasteiger partial charge in [-0.1, -0.05) is 24.3 Å². The van der Waals surface area contributed by atoms with Crippen LogP contribution >= 0.6 is 0 Å². The Morgan fingerprint density at radius 2 is 1.52 bits per heavy atom. The van der Waals surface area contributed by atoms with Gasteiger partial charge < -0.3 is 9.47 Å². The van der Waals surface area contributed by atoms with Crippen LogP contribution in [0.3, 0.4) is 0 Å². The standard InChI is InChI=1S/C37H29F3N4O2/c1-22-12-23(2)33(19-39)37(32(22)18-38)24-20-42-43(21-24)26-13-25(40)14-29(15-26)46-28-8-9-31-30-6-4-5-7-34(30)44(35(31)16-28)36-17-27(45-3)10-11-41-36/h4-17,20-21H,18-19H2,1-3H3. The van der Waals surface area contributed by atoms with E-state index < -0.39 is 19.2 Å². The highest BCUT2D eigenvalue weighted by atomic mass is 19.1. The van der Waals surface area contributed by atoms with Crippen molar-refractivity contribution in [3.05, 3.63) is 126 Å². The van der Waals surface area contributed by atoms with Gasteiger partial charge in [0.05, 0.1) is 30.0 Å². The summed E-state index contributed by atoms with van der Waals surface area (Å²) in [6.07, 6.45) is 4.88. The minimum absolute atomic E-state index is 0.258. The van der Waals surface area contributed by atoms with Crippen molar-refractivity contribution in [3.63, 3.8) is 0 Å². The zero-order valence-corrected chi connectivity index (χ0v) is 25.4. The molecule has 230 valence electrons. The number of alkyl halides is 2. The van der Waals surface area contributed by atoms with Gasteiger partial charge in [0.2, 0.25) is 0 Å². The lowest BCUT2D eigenvalue weighted by molar-refractivity contribution is 0.414. The smallest absolute Gasteiger partial charge is 0.141 e. The summed E-state index contributed by atoms with van der Waals surface area (Å²) >= 11 is 0. The van der Waals surface area contributed by atoms with E-state index in [4.69, 9.17) is 9.47 Å². The SMILES string of the molecule is COc1ccnc(-n2c3ccccc3c3ccc(Oc4cc(F)cc(-n5cc(-c6c(CF)c(C)cc(C)c6CF)cn5)c4)cc32)c1. The third kappa shape index (κ3) is 5.03. The fourth-order valence-electron chi connectivity index (χ4n) is 6.15. The Hall–Kier alpha value is -5.57. The van der Waals surface area contributed by atoms with Gasteiger partial charge in [-0.3, -0.25) is 4.57 Å². The number of nitrogens with zero attached hydrogens (tertiary/aromatic N) is 4. The molecule has 0 amide bonds. The van der Waals surface area contributed by atoms with Gasteiger partial charge >= 0.3 is 0 Å². The van der Waals surface area contributed by atoms with E-state index in [0.717, 1.165) is 32.9 Å². The number of halogens is 3. The molecular weight excluding hydrogens is 589 g/mol. The van der Waals surface area contributed by atoms with Gasteiger partial charge in [-0.05, 0) is 72.0 Å². The molecular formula is C37H29F3N4O2. The zero-order chi connectivity index (χ0) is 31.9. The molecule has 0 aliphatic heterocycles. The van der Waals surface area contributed by atoms with Crippen molar-refractivity contribution in [2.45, 2.75) is 27.2 Å². The molecule has 0 saturated heterocycles. The minimum atomic E-state index is -0.741. The van der Waals surface area contributed by atoms with Crippen molar-refractivity contribution >= 4 is 21.8 Å². The summed E-state index contributed by atoms with van der Waals surface area (Å²) < 4.78 is 58.4. The molecule has 3 aromatic heterocycles. The number of aryl methyl sites for hydroxylation is 2. The Morgan fingerprint density at radius 3 is 2.28 bits per heavy atom. The molecule has 3 heterocycles. The van der Waals surface area contributed by atoms with E-state index in [2.05, 4.69) is 16.1 Å². The van der Waals surface area contributed by atoms with E-state index in [1.54, 1.807) is 51.6 Å². The van der Waals surface area contributed by atoms with E-state index >= 15 is 0 Å². The van der Waals surface area contributed by atoms with Crippen molar-refractivity contribution in [2.75, 3.05) is 7.11 Å². The molecule has 0 saturated carbocycles. The van der Waals surface area contributed by atoms with Gasteiger partial charge in [-0.15, -0.1) is 0 Å². The molecule has 9 heteroatoms. The first-order valence-corrected chi connectivity index (χ1v) is 14.7. The third-order valence-corrected chi connectivity index (χ3v) is 8.31. The number of fused-ring (bicyclic) bond motifs is 3. The quantitative estimate of drug-likeness (QED) is 0.170. The molecule has 0 N–H and O–H groups in total. The number of ether oxygens (including phenoxy) is 2. The van der Waals surface area contributed by atoms with Crippen LogP contribution in [0.15, 0.2) is 97.5 Å². The molecule has 6 nitrogen and oxygen atoms in total. The van der Waals surface area contributed by atoms with Gasteiger partial charge in [0.15, 0.2) is 0 Å². The summed E-state index contributed by atoms with van der Waals surface area (Å²) in [7, 11) is 1.61. The number of rotatable bonds is 8. The fraction of sp³-hybridized carbons (Fsp3) is 0.135. The van der Waals surface area contributed by atoms with Crippen molar-refractivity contribution in [3.8, 4) is 39.9 Å². The maximum atomic E-state index is 15.0. The Bertz CT molecular complexity index is 2230. The number of benzene rings is 4. The lowest BCUT2D eigenvalue weighted by Crippen LogP contribution is -2.00. The number of hydrogen-bond acceptors (Lipinski definition) is 4. The number of methoxy groups -OCH3 is 1. The van der Waals surface area contributed by atoms with Crippen LogP contribution in [0, 0.1) is 19.7 Å². The monoisotopic (exact) mass is 618 g/mol. The highest BCUT2D eigenvalue weighted by molar-refractivity contribution is 6.09. The maximum absolute atomic E-state index is 15.0. The molecule has 46 heavy (non-hydrogen) atoms. The van der Waals surface area contributed by atoms with E-state index in [0.29, 0.717) is 45.3 Å². The summed E-state index contributed by atoms with van der Waals surface area (Å²) in [5.41, 5.74) is 5.54. The molecule has 7 rings (SSSR count). The molecule has 0 unspecified atom stereocenters. The molecule has 4 aromatic carbocycles. The normalized spacial score (nSPS) is 11.4. The van der Waals surface area contributed by atoms with Gasteiger partial charge in [0, 0.05) is 53.0 Å². The predicted octanol–water partition coefficient (Wildman–Crippen LogP) is 9.53. The van der Waals surface area contributed by atoms with Crippen molar-refractivity contribution in [1.29, 1.82) is 0 Å². The number of para-hydroxylation sites is 1. The number of hydrogen-bond donors (Lipinski definition) is 0. The van der Waals surface area contributed by atoms with E-state index in [-0.39, 0.29) is 5.75 Å². The summed E-state index contributed by atoms with van der Waals surface area (Å²) in [5.74, 6) is 1.58. The van der Waals surface area contributed by atoms with Crippen molar-refractivity contribution < 1.29 is 22.6 Å². The van der Waals surface area contributed by atoms with Gasteiger partial charge in [-0.2, -0.15) is 5.10 Å². The van der Waals surface area contributed by atoms with Crippen LogP contribution in [-0.2, 0) is 13.3 Å². The number of aromatic nitrogens is 4. The minimum Gasteiger partial charge on any atom is -0.497 e. The summed E-state index contributed by atoms with van der Waals surface area (Å²) in [6, 6.07) is 23.5. The second-order valence-electron chi connectivity index (χ2n) is 11.1. The average Bonchev–Trinajstić information content (AvgIpc) is 3.67. The third-order valence-electron chi connectivity index (χ3n) is 8.31. The largest absolute Gasteiger partial charge is 0.497 e. The summed E-state index contributed by atoms with van der Waals surface area (Å²) in [4.78, 5) is 4.60. The van der Waals surface area contributed by atoms with E-state index in [1.807, 2.05) is 47.0 Å². The summed E-state index contributed by atoms with van der Waals surface area (Å²) in [5, 5.41) is 6.47. The van der Waals surface area contributed by atoms with Crippen molar-refractivity contribution in [1.82, 2.24) is 19.3 Å². The molecule has 7 aromatic rings. The van der Waals surface area contributed by atoms with Crippen LogP contribution < -0.4 is 9.47 Å². The van der Waals surface area contributed by atoms with Crippen LogP contribution in [0.1, 0.15) is 22.3 Å².